The van der Waals surface area contributed by atoms with Gasteiger partial charge in [0.05, 0.1) is 33.4 Å². The second kappa shape index (κ2) is 36.7. The van der Waals surface area contributed by atoms with Crippen molar-refractivity contribution in [1.82, 2.24) is 9.13 Å². The minimum atomic E-state index is 0.905. The lowest BCUT2D eigenvalue weighted by Crippen LogP contribution is -2.09. The molecule has 0 aliphatic rings. The van der Waals surface area contributed by atoms with Crippen LogP contribution < -0.4 is 9.80 Å². The van der Waals surface area contributed by atoms with Gasteiger partial charge < -0.3 is 27.8 Å². The summed E-state index contributed by atoms with van der Waals surface area (Å²) in [4.78, 5) is 4.71. The summed E-state index contributed by atoms with van der Waals surface area (Å²) < 4.78 is 17.7. The Kier molecular flexibility index (Phi) is 21.5. The number of anilines is 6. The van der Waals surface area contributed by atoms with E-state index in [4.69, 9.17) is 8.83 Å². The summed E-state index contributed by atoms with van der Waals surface area (Å²) in [5.74, 6) is 0. The molecule has 0 amide bonds. The summed E-state index contributed by atoms with van der Waals surface area (Å²) in [7, 11) is 0. The molecule has 0 N–H and O–H groups in total. The first-order valence-corrected chi connectivity index (χ1v) is 50.0. The Balaban J connectivity index is 0.000000145. The van der Waals surface area contributed by atoms with Gasteiger partial charge in [-0.05, 0) is 250 Å². The molecule has 0 fully saturated rings. The van der Waals surface area contributed by atoms with Crippen LogP contribution in [-0.2, 0) is 0 Å². The van der Waals surface area contributed by atoms with Crippen LogP contribution >= 0.6 is 0 Å². The van der Waals surface area contributed by atoms with Crippen LogP contribution in [0, 0.1) is 0 Å². The second-order valence-electron chi connectivity index (χ2n) is 37.7. The van der Waals surface area contributed by atoms with Crippen molar-refractivity contribution in [2.24, 2.45) is 0 Å². The molecule has 0 radical (unpaired) electrons. The maximum atomic E-state index is 6.45. The van der Waals surface area contributed by atoms with Gasteiger partial charge in [0.2, 0.25) is 0 Å². The van der Waals surface area contributed by atoms with E-state index in [0.717, 1.165) is 134 Å². The standard InChI is InChI=1S/2C70H46N2O/c1-2-18-58-50(14-1)15-12-23-59(58)51-38-44-57(45-39-51)71(56-42-36-49(37-43-56)53-16-11-17-54(46-53)61-24-13-25-65-64-22-6-10-29-69(64)73-70(61)65)55-40-34-48(35-41-55)47-30-32-52(33-31-47)60-19-3-7-26-66(60)72-67-27-8-4-20-62(67)63-21-5-9-28-68(63)72;1-2-14-53-45-55(32-29-47(53)13-1)51-37-43-59(44-38-51)71(58-41-35-50(36-42-58)54-15-11-16-56(46-54)61-21-12-22-65-64-20-6-10-26-69(64)73-70(61)65)57-39-33-49(34-40-57)48-27-30-52(31-28-48)60-17-3-7-23-66(60)72-67-24-8-4-18-62(67)63-19-5-9-25-68(63)72/h2*1-46H. The van der Waals surface area contributed by atoms with Crippen LogP contribution in [0.1, 0.15) is 0 Å². The molecule has 0 saturated heterocycles. The maximum absolute atomic E-state index is 6.45. The third-order valence-corrected chi connectivity index (χ3v) is 29.3. The van der Waals surface area contributed by atoms with Gasteiger partial charge in [0.15, 0.2) is 0 Å². The van der Waals surface area contributed by atoms with Crippen molar-refractivity contribution >= 4 is 143 Å². The van der Waals surface area contributed by atoms with Crippen LogP contribution in [0.2, 0.25) is 0 Å². The summed E-state index contributed by atoms with van der Waals surface area (Å²) in [6.45, 7) is 0. The average Bonchev–Trinajstić information content (AvgIpc) is 1.59. The van der Waals surface area contributed by atoms with Gasteiger partial charge in [0, 0.05) is 99.5 Å². The first-order chi connectivity index (χ1) is 72.4. The normalized spacial score (nSPS) is 11.6. The van der Waals surface area contributed by atoms with E-state index < -0.39 is 0 Å². The fraction of sp³-hybridized carbons (Fsp3) is 0. The lowest BCUT2D eigenvalue weighted by atomic mass is 9.97. The molecule has 6 heteroatoms. The molecular weight excluding hydrogens is 1770 g/mol. The van der Waals surface area contributed by atoms with E-state index in [1.807, 2.05) is 24.3 Å². The third-order valence-electron chi connectivity index (χ3n) is 29.3. The molecule has 0 spiro atoms. The van der Waals surface area contributed by atoms with E-state index in [2.05, 4.69) is 553 Å². The average molecular weight is 1860 g/mol. The fourth-order valence-electron chi connectivity index (χ4n) is 22.1. The number of hydrogen-bond donors (Lipinski definition) is 0. The molecule has 28 rings (SSSR count). The van der Waals surface area contributed by atoms with Gasteiger partial charge in [-0.2, -0.15) is 0 Å². The Bertz CT molecular complexity index is 9720. The fourth-order valence-corrected chi connectivity index (χ4v) is 22.1. The SMILES string of the molecule is c1cc(-c2ccc(N(c3ccc(-c4ccc(-c5ccccc5-n5c6ccccc6c6ccccc65)cc4)cc3)c3ccc(-c4ccc5ccccc5c4)cc3)cc2)cc(-c2cccc3c2oc2ccccc23)c1.c1cc(-c2ccc(N(c3ccc(-c4ccc(-c5ccccc5-n5c6ccccc6c6ccccc65)cc4)cc3)c3ccc(-c4cccc5ccccc45)cc3)cc2)cc(-c2cccc3c2oc2ccccc23)c1. The summed E-state index contributed by atoms with van der Waals surface area (Å²) in [6.07, 6.45) is 0. The molecule has 146 heavy (non-hydrogen) atoms. The first kappa shape index (κ1) is 85.8. The van der Waals surface area contributed by atoms with Crippen LogP contribution in [0.25, 0.3) is 232 Å². The van der Waals surface area contributed by atoms with Crippen LogP contribution in [0.15, 0.2) is 567 Å². The number of nitrogens with zero attached hydrogens (tertiary/aromatic N) is 4. The molecule has 24 aromatic carbocycles. The number of benzene rings is 24. The Morgan fingerprint density at radius 3 is 0.788 bits per heavy atom. The van der Waals surface area contributed by atoms with Gasteiger partial charge in [0.25, 0.3) is 0 Å². The number of fused-ring (bicyclic) bond motifs is 14. The van der Waals surface area contributed by atoms with E-state index in [0.29, 0.717) is 0 Å². The summed E-state index contributed by atoms with van der Waals surface area (Å²) in [6, 6.07) is 202. The van der Waals surface area contributed by atoms with Gasteiger partial charge >= 0.3 is 0 Å². The third kappa shape index (κ3) is 15.6. The molecule has 28 aromatic rings. The molecule has 6 nitrogen and oxygen atoms in total. The maximum Gasteiger partial charge on any atom is 0.143 e. The zero-order valence-electron chi connectivity index (χ0n) is 79.7. The van der Waals surface area contributed by atoms with Crippen LogP contribution in [-0.4, -0.2) is 9.13 Å². The van der Waals surface area contributed by atoms with Crippen molar-refractivity contribution in [3.05, 3.63) is 558 Å². The highest BCUT2D eigenvalue weighted by Crippen LogP contribution is 2.48. The number of hydrogen-bond acceptors (Lipinski definition) is 4. The van der Waals surface area contributed by atoms with Gasteiger partial charge in [0.1, 0.15) is 22.3 Å². The van der Waals surface area contributed by atoms with E-state index >= 15 is 0 Å². The lowest BCUT2D eigenvalue weighted by molar-refractivity contribution is 0.669. The highest BCUT2D eigenvalue weighted by Gasteiger charge is 2.24. The zero-order valence-corrected chi connectivity index (χ0v) is 79.7. The van der Waals surface area contributed by atoms with Gasteiger partial charge in [-0.15, -0.1) is 0 Å². The van der Waals surface area contributed by atoms with Crippen molar-refractivity contribution in [2.45, 2.75) is 0 Å². The van der Waals surface area contributed by atoms with Crippen molar-refractivity contribution in [2.75, 3.05) is 9.80 Å². The molecule has 684 valence electrons. The highest BCUT2D eigenvalue weighted by molar-refractivity contribution is 6.14. The van der Waals surface area contributed by atoms with Crippen LogP contribution in [0.5, 0.6) is 0 Å². The van der Waals surface area contributed by atoms with Crippen molar-refractivity contribution in [3.8, 4) is 123 Å². The minimum absolute atomic E-state index is 0.905. The Hall–Kier alpha value is -19.4. The Morgan fingerprint density at radius 1 is 0.137 bits per heavy atom. The molecule has 0 aliphatic heterocycles. The molecule has 0 atom stereocenters. The summed E-state index contributed by atoms with van der Waals surface area (Å²) in [5.41, 5.74) is 40.4. The Labute approximate surface area is 845 Å². The molecule has 0 saturated carbocycles. The number of aromatic nitrogens is 2. The number of rotatable bonds is 18. The quantitative estimate of drug-likeness (QED) is 0.0859. The zero-order chi connectivity index (χ0) is 96.5. The van der Waals surface area contributed by atoms with Crippen LogP contribution in [0.3, 0.4) is 0 Å². The minimum Gasteiger partial charge on any atom is -0.455 e. The second-order valence-corrected chi connectivity index (χ2v) is 37.7. The topological polar surface area (TPSA) is 42.6 Å². The van der Waals surface area contributed by atoms with Gasteiger partial charge in [-0.25, -0.2) is 0 Å². The molecule has 0 bridgehead atoms. The van der Waals surface area contributed by atoms with Gasteiger partial charge in [-0.3, -0.25) is 0 Å². The highest BCUT2D eigenvalue weighted by atomic mass is 16.3. The van der Waals surface area contributed by atoms with E-state index in [1.54, 1.807) is 0 Å². The summed E-state index contributed by atoms with van der Waals surface area (Å²) >= 11 is 0. The predicted molar refractivity (Wildman–Crippen MR) is 615 cm³/mol. The summed E-state index contributed by atoms with van der Waals surface area (Å²) in [5, 5.41) is 14.5. The molecule has 0 aliphatic carbocycles. The molecule has 0 unspecified atom stereocenters. The first-order valence-electron chi connectivity index (χ1n) is 50.0. The van der Waals surface area contributed by atoms with E-state index in [1.165, 1.54) is 132 Å². The van der Waals surface area contributed by atoms with Crippen LogP contribution in [0.4, 0.5) is 34.1 Å². The van der Waals surface area contributed by atoms with Crippen molar-refractivity contribution < 1.29 is 8.83 Å². The predicted octanol–water partition coefficient (Wildman–Crippen LogP) is 39.3. The Morgan fingerprint density at radius 2 is 0.384 bits per heavy atom. The monoisotopic (exact) mass is 1860 g/mol. The number of para-hydroxylation sites is 10. The number of furan rings is 2. The van der Waals surface area contributed by atoms with E-state index in [9.17, 15) is 0 Å². The molecule has 4 heterocycles. The molecule has 4 aromatic heterocycles. The van der Waals surface area contributed by atoms with Crippen molar-refractivity contribution in [1.29, 1.82) is 0 Å². The van der Waals surface area contributed by atoms with E-state index in [-0.39, 0.29) is 0 Å². The van der Waals surface area contributed by atoms with Crippen molar-refractivity contribution in [3.63, 3.8) is 0 Å². The largest absolute Gasteiger partial charge is 0.455 e. The molecular formula is C140H92N4O2. The smallest absolute Gasteiger partial charge is 0.143 e. The lowest BCUT2D eigenvalue weighted by Gasteiger charge is -2.26. The van der Waals surface area contributed by atoms with Gasteiger partial charge in [-0.1, -0.05) is 419 Å².